The topological polar surface area (TPSA) is 72.5 Å². The van der Waals surface area contributed by atoms with Gasteiger partial charge in [-0.15, -0.1) is 0 Å². The molecule has 7 heteroatoms. The van der Waals surface area contributed by atoms with E-state index < -0.39 is 5.60 Å². The standard InChI is InChI=1S/C22H31FN4O2/c1-16-20(17(2)25-24-16)13-21(28)27-11-4-9-22(29,10-12-27)15-26(3)14-18-5-7-19(23)8-6-18/h5-8,29H,4,9-15H2,1-3H3,(H,24,25)/t22-/m0/s1. The molecule has 1 saturated heterocycles. The largest absolute Gasteiger partial charge is 0.388 e. The molecule has 2 aromatic rings. The van der Waals surface area contributed by atoms with Gasteiger partial charge < -0.3 is 10.0 Å². The van der Waals surface area contributed by atoms with Gasteiger partial charge in [0.05, 0.1) is 17.7 Å². The van der Waals surface area contributed by atoms with Gasteiger partial charge in [-0.1, -0.05) is 12.1 Å². The van der Waals surface area contributed by atoms with Gasteiger partial charge in [-0.2, -0.15) is 5.10 Å². The number of carbonyl (C=O) groups is 1. The Labute approximate surface area is 171 Å². The van der Waals surface area contributed by atoms with Crippen LogP contribution in [-0.2, 0) is 17.8 Å². The molecule has 1 aliphatic heterocycles. The van der Waals surface area contributed by atoms with Crippen LogP contribution in [0.4, 0.5) is 4.39 Å². The Hall–Kier alpha value is -2.25. The third kappa shape index (κ3) is 5.64. The van der Waals surface area contributed by atoms with Crippen LogP contribution in [-0.4, -0.2) is 63.3 Å². The first-order chi connectivity index (χ1) is 13.8. The maximum atomic E-state index is 13.1. The molecule has 0 unspecified atom stereocenters. The van der Waals surface area contributed by atoms with E-state index in [0.29, 0.717) is 45.4 Å². The SMILES string of the molecule is Cc1n[nH]c(C)c1CC(=O)N1CCC[C@@](O)(CN(C)Cc2ccc(F)cc2)CC1. The van der Waals surface area contributed by atoms with Gasteiger partial charge in [0.2, 0.25) is 5.91 Å². The molecule has 0 radical (unpaired) electrons. The van der Waals surface area contributed by atoms with Gasteiger partial charge in [0.25, 0.3) is 0 Å². The number of aromatic nitrogens is 2. The summed E-state index contributed by atoms with van der Waals surface area (Å²) < 4.78 is 13.1. The Balaban J connectivity index is 1.55. The van der Waals surface area contributed by atoms with Crippen molar-refractivity contribution in [2.24, 2.45) is 0 Å². The van der Waals surface area contributed by atoms with Crippen molar-refractivity contribution >= 4 is 5.91 Å². The number of aromatic amines is 1. The number of nitrogens with zero attached hydrogens (tertiary/aromatic N) is 3. The molecule has 3 rings (SSSR count). The first kappa shape index (κ1) is 21.5. The number of hydrogen-bond acceptors (Lipinski definition) is 4. The van der Waals surface area contributed by atoms with Crippen molar-refractivity contribution in [3.05, 3.63) is 52.6 Å². The lowest BCUT2D eigenvalue weighted by Crippen LogP contribution is -2.42. The zero-order valence-corrected chi connectivity index (χ0v) is 17.5. The van der Waals surface area contributed by atoms with Crippen LogP contribution in [0.3, 0.4) is 0 Å². The van der Waals surface area contributed by atoms with Gasteiger partial charge in [0.15, 0.2) is 0 Å². The van der Waals surface area contributed by atoms with Crippen molar-refractivity contribution in [3.8, 4) is 0 Å². The number of hydrogen-bond donors (Lipinski definition) is 2. The van der Waals surface area contributed by atoms with Crippen LogP contribution in [0.2, 0.25) is 0 Å². The molecule has 2 N–H and O–H groups in total. The number of nitrogens with one attached hydrogen (secondary N) is 1. The fourth-order valence-electron chi connectivity index (χ4n) is 4.14. The molecule has 0 bridgehead atoms. The molecule has 0 spiro atoms. The summed E-state index contributed by atoms with van der Waals surface area (Å²) in [4.78, 5) is 16.7. The molecule has 1 amide bonds. The highest BCUT2D eigenvalue weighted by Gasteiger charge is 2.32. The average Bonchev–Trinajstić information content (AvgIpc) is 2.87. The van der Waals surface area contributed by atoms with E-state index in [1.54, 1.807) is 12.1 Å². The zero-order valence-electron chi connectivity index (χ0n) is 17.5. The van der Waals surface area contributed by atoms with Gasteiger partial charge in [0, 0.05) is 37.4 Å². The Morgan fingerprint density at radius 2 is 2.00 bits per heavy atom. The first-order valence-electron chi connectivity index (χ1n) is 10.2. The minimum Gasteiger partial charge on any atom is -0.388 e. The van der Waals surface area contributed by atoms with E-state index in [1.807, 2.05) is 25.8 Å². The van der Waals surface area contributed by atoms with E-state index in [4.69, 9.17) is 0 Å². The third-order valence-electron chi connectivity index (χ3n) is 5.81. The van der Waals surface area contributed by atoms with Gasteiger partial charge in [-0.05, 0) is 57.9 Å². The maximum absolute atomic E-state index is 13.1. The smallest absolute Gasteiger partial charge is 0.227 e. The highest BCUT2D eigenvalue weighted by Crippen LogP contribution is 2.25. The number of H-pyrrole nitrogens is 1. The summed E-state index contributed by atoms with van der Waals surface area (Å²) in [5.41, 5.74) is 2.95. The van der Waals surface area contributed by atoms with Crippen LogP contribution < -0.4 is 0 Å². The summed E-state index contributed by atoms with van der Waals surface area (Å²) in [6, 6.07) is 6.44. The number of amides is 1. The molecular weight excluding hydrogens is 371 g/mol. The third-order valence-corrected chi connectivity index (χ3v) is 5.81. The summed E-state index contributed by atoms with van der Waals surface area (Å²) in [5.74, 6) is -0.161. The highest BCUT2D eigenvalue weighted by molar-refractivity contribution is 5.79. The molecule has 0 aliphatic carbocycles. The van der Waals surface area contributed by atoms with Crippen LogP contribution in [0.5, 0.6) is 0 Å². The molecule has 6 nitrogen and oxygen atoms in total. The van der Waals surface area contributed by atoms with Crippen LogP contribution in [0.15, 0.2) is 24.3 Å². The fourth-order valence-corrected chi connectivity index (χ4v) is 4.14. The van der Waals surface area contributed by atoms with Gasteiger partial charge in [-0.3, -0.25) is 14.8 Å². The van der Waals surface area contributed by atoms with Gasteiger partial charge in [-0.25, -0.2) is 4.39 Å². The maximum Gasteiger partial charge on any atom is 0.227 e. The van der Waals surface area contributed by atoms with E-state index in [9.17, 15) is 14.3 Å². The first-order valence-corrected chi connectivity index (χ1v) is 10.2. The summed E-state index contributed by atoms with van der Waals surface area (Å²) in [7, 11) is 1.96. The summed E-state index contributed by atoms with van der Waals surface area (Å²) >= 11 is 0. The number of aryl methyl sites for hydroxylation is 2. The molecule has 2 heterocycles. The number of rotatable bonds is 6. The van der Waals surface area contributed by atoms with E-state index in [0.717, 1.165) is 28.9 Å². The Bertz CT molecular complexity index is 816. The van der Waals surface area contributed by atoms with Crippen molar-refractivity contribution in [1.82, 2.24) is 20.0 Å². The van der Waals surface area contributed by atoms with Crippen molar-refractivity contribution in [3.63, 3.8) is 0 Å². The lowest BCUT2D eigenvalue weighted by molar-refractivity contribution is -0.130. The summed E-state index contributed by atoms with van der Waals surface area (Å²) in [6.07, 6.45) is 2.33. The Morgan fingerprint density at radius 3 is 2.66 bits per heavy atom. The van der Waals surface area contributed by atoms with Crippen LogP contribution in [0, 0.1) is 19.7 Å². The molecule has 158 valence electrons. The number of likely N-dealkylation sites (N-methyl/N-ethyl adjacent to an activating group) is 1. The minimum absolute atomic E-state index is 0.0847. The second-order valence-corrected chi connectivity index (χ2v) is 8.35. The average molecular weight is 403 g/mol. The number of aliphatic hydroxyl groups is 1. The van der Waals surface area contributed by atoms with Crippen molar-refractivity contribution in [2.75, 3.05) is 26.7 Å². The highest BCUT2D eigenvalue weighted by atomic mass is 19.1. The second kappa shape index (κ2) is 9.05. The zero-order chi connectivity index (χ0) is 21.0. The van der Waals surface area contributed by atoms with Crippen molar-refractivity contribution < 1.29 is 14.3 Å². The van der Waals surface area contributed by atoms with Crippen LogP contribution in [0.25, 0.3) is 0 Å². The summed E-state index contributed by atoms with van der Waals surface area (Å²) in [5, 5.41) is 18.2. The number of benzene rings is 1. The van der Waals surface area contributed by atoms with Crippen molar-refractivity contribution in [2.45, 2.75) is 51.7 Å². The van der Waals surface area contributed by atoms with Gasteiger partial charge in [0.1, 0.15) is 5.82 Å². The fraction of sp³-hybridized carbons (Fsp3) is 0.545. The van der Waals surface area contributed by atoms with E-state index in [2.05, 4.69) is 15.1 Å². The molecule has 29 heavy (non-hydrogen) atoms. The molecular formula is C22H31FN4O2. The minimum atomic E-state index is -0.828. The number of carbonyl (C=O) groups excluding carboxylic acids is 1. The van der Waals surface area contributed by atoms with Crippen molar-refractivity contribution in [1.29, 1.82) is 0 Å². The normalized spacial score (nSPS) is 20.1. The molecule has 0 saturated carbocycles. The van der Waals surface area contributed by atoms with E-state index in [1.165, 1.54) is 12.1 Å². The lowest BCUT2D eigenvalue weighted by Gasteiger charge is -2.31. The van der Waals surface area contributed by atoms with E-state index in [-0.39, 0.29) is 11.7 Å². The van der Waals surface area contributed by atoms with Crippen LogP contribution >= 0.6 is 0 Å². The Morgan fingerprint density at radius 1 is 1.28 bits per heavy atom. The molecule has 1 aromatic heterocycles. The molecule has 1 fully saturated rings. The molecule has 1 aromatic carbocycles. The van der Waals surface area contributed by atoms with Gasteiger partial charge >= 0.3 is 0 Å². The predicted octanol–water partition coefficient (Wildman–Crippen LogP) is 2.58. The molecule has 1 aliphatic rings. The quantitative estimate of drug-likeness (QED) is 0.779. The molecule has 1 atom stereocenters. The second-order valence-electron chi connectivity index (χ2n) is 8.35. The monoisotopic (exact) mass is 402 g/mol. The van der Waals surface area contributed by atoms with Crippen LogP contribution in [0.1, 0.15) is 41.8 Å². The lowest BCUT2D eigenvalue weighted by atomic mass is 9.94. The van der Waals surface area contributed by atoms with E-state index >= 15 is 0 Å². The number of likely N-dealkylation sites (tertiary alicyclic amines) is 1. The number of halogens is 1. The predicted molar refractivity (Wildman–Crippen MR) is 110 cm³/mol. The Kier molecular flexibility index (Phi) is 6.70. The summed E-state index contributed by atoms with van der Waals surface area (Å²) in [6.45, 7) is 6.22.